The van der Waals surface area contributed by atoms with Crippen molar-refractivity contribution in [1.29, 1.82) is 0 Å². The van der Waals surface area contributed by atoms with Gasteiger partial charge in [0.1, 0.15) is 18.1 Å². The topological polar surface area (TPSA) is 57.6 Å². The number of para-hydroxylation sites is 1. The predicted molar refractivity (Wildman–Crippen MR) is 96.1 cm³/mol. The van der Waals surface area contributed by atoms with E-state index in [4.69, 9.17) is 4.74 Å². The highest BCUT2D eigenvalue weighted by molar-refractivity contribution is 6.07. The summed E-state index contributed by atoms with van der Waals surface area (Å²) in [6, 6.07) is 23.6. The van der Waals surface area contributed by atoms with Gasteiger partial charge in [-0.05, 0) is 18.2 Å². The second kappa shape index (κ2) is 6.08. The van der Waals surface area contributed by atoms with E-state index in [1.807, 2.05) is 60.7 Å². The number of H-pyrrole nitrogens is 1. The first-order valence-electron chi connectivity index (χ1n) is 7.75. The van der Waals surface area contributed by atoms with Gasteiger partial charge >= 0.3 is 0 Å². The highest BCUT2D eigenvalue weighted by Crippen LogP contribution is 2.28. The number of hydrogen-bond acceptors (Lipinski definition) is 3. The number of benzene rings is 3. The Labute approximate surface area is 139 Å². The third-order valence-electron chi connectivity index (χ3n) is 4.08. The average molecular weight is 316 g/mol. The number of rotatable bonds is 4. The van der Waals surface area contributed by atoms with Gasteiger partial charge in [0.2, 0.25) is 0 Å². The maximum atomic E-state index is 9.23. The lowest BCUT2D eigenvalue weighted by atomic mass is 10.1. The van der Waals surface area contributed by atoms with Crippen molar-refractivity contribution in [3.05, 3.63) is 78.4 Å². The van der Waals surface area contributed by atoms with Gasteiger partial charge in [-0.15, -0.1) is 0 Å². The minimum atomic E-state index is 0.201. The summed E-state index contributed by atoms with van der Waals surface area (Å²) in [4.78, 5) is 3.39. The highest BCUT2D eigenvalue weighted by atomic mass is 16.5. The average Bonchev–Trinajstić information content (AvgIpc) is 3.01. The van der Waals surface area contributed by atoms with E-state index in [2.05, 4.69) is 22.3 Å². The van der Waals surface area contributed by atoms with E-state index in [1.165, 1.54) is 5.39 Å². The third kappa shape index (κ3) is 2.58. The molecule has 0 aliphatic carbocycles. The van der Waals surface area contributed by atoms with Crippen molar-refractivity contribution >= 4 is 27.5 Å². The smallest absolute Gasteiger partial charge is 0.134 e. The number of nitrogens with one attached hydrogen (secondary N) is 1. The standard InChI is InChI=1S/C20H16N2O2/c23-22-20(14-6-2-1-3-7-14)13-24-15-10-11-17-16-8-4-5-9-18(16)21-19(17)12-15/h1-12,21,23H,13H2/b22-20+. The molecule has 1 heterocycles. The van der Waals surface area contributed by atoms with Crippen LogP contribution >= 0.6 is 0 Å². The van der Waals surface area contributed by atoms with E-state index >= 15 is 0 Å². The van der Waals surface area contributed by atoms with Crippen molar-refractivity contribution in [1.82, 2.24) is 4.98 Å². The van der Waals surface area contributed by atoms with Crippen molar-refractivity contribution in [2.24, 2.45) is 5.16 Å². The molecule has 4 aromatic rings. The molecule has 0 aliphatic heterocycles. The summed E-state index contributed by atoms with van der Waals surface area (Å²) < 4.78 is 5.81. The summed E-state index contributed by atoms with van der Waals surface area (Å²) in [6.45, 7) is 0.201. The van der Waals surface area contributed by atoms with E-state index in [-0.39, 0.29) is 6.61 Å². The van der Waals surface area contributed by atoms with Gasteiger partial charge in [-0.1, -0.05) is 53.7 Å². The maximum Gasteiger partial charge on any atom is 0.134 e. The third-order valence-corrected chi connectivity index (χ3v) is 4.08. The van der Waals surface area contributed by atoms with Crippen LogP contribution in [0.4, 0.5) is 0 Å². The molecular formula is C20H16N2O2. The van der Waals surface area contributed by atoms with Crippen LogP contribution in [0.15, 0.2) is 78.0 Å². The molecule has 3 aromatic carbocycles. The molecule has 0 spiro atoms. The molecule has 4 nitrogen and oxygen atoms in total. The minimum absolute atomic E-state index is 0.201. The summed E-state index contributed by atoms with van der Waals surface area (Å²) >= 11 is 0. The lowest BCUT2D eigenvalue weighted by Gasteiger charge is -2.08. The lowest BCUT2D eigenvalue weighted by Crippen LogP contribution is -2.12. The Bertz CT molecular complexity index is 1020. The van der Waals surface area contributed by atoms with E-state index < -0.39 is 0 Å². The summed E-state index contributed by atoms with van der Waals surface area (Å²) in [5.74, 6) is 0.728. The minimum Gasteiger partial charge on any atom is -0.487 e. The Balaban J connectivity index is 1.59. The maximum absolute atomic E-state index is 9.23. The molecule has 4 heteroatoms. The number of ether oxygens (including phenoxy) is 1. The molecular weight excluding hydrogens is 300 g/mol. The molecule has 0 saturated carbocycles. The largest absolute Gasteiger partial charge is 0.487 e. The van der Waals surface area contributed by atoms with Gasteiger partial charge in [-0.2, -0.15) is 0 Å². The fourth-order valence-corrected chi connectivity index (χ4v) is 2.88. The van der Waals surface area contributed by atoms with Crippen molar-refractivity contribution in [2.45, 2.75) is 0 Å². The molecule has 0 radical (unpaired) electrons. The number of hydrogen-bond donors (Lipinski definition) is 2. The van der Waals surface area contributed by atoms with Gasteiger partial charge in [0.05, 0.1) is 5.52 Å². The zero-order chi connectivity index (χ0) is 16.4. The molecule has 2 N–H and O–H groups in total. The molecule has 118 valence electrons. The van der Waals surface area contributed by atoms with E-state index in [9.17, 15) is 5.21 Å². The first-order valence-corrected chi connectivity index (χ1v) is 7.75. The van der Waals surface area contributed by atoms with Gasteiger partial charge in [0, 0.05) is 27.9 Å². The zero-order valence-electron chi connectivity index (χ0n) is 12.9. The molecule has 24 heavy (non-hydrogen) atoms. The van der Waals surface area contributed by atoms with Crippen LogP contribution in [0.2, 0.25) is 0 Å². The van der Waals surface area contributed by atoms with Crippen LogP contribution in [0.5, 0.6) is 5.75 Å². The normalized spacial score (nSPS) is 11.9. The Morgan fingerprint density at radius 2 is 1.62 bits per heavy atom. The van der Waals surface area contributed by atoms with Gasteiger partial charge in [-0.25, -0.2) is 0 Å². The number of nitrogens with zero attached hydrogens (tertiary/aromatic N) is 1. The van der Waals surface area contributed by atoms with Gasteiger partial charge in [0.25, 0.3) is 0 Å². The number of aromatic amines is 1. The van der Waals surface area contributed by atoms with E-state index in [0.29, 0.717) is 5.71 Å². The molecule has 1 aromatic heterocycles. The zero-order valence-corrected chi connectivity index (χ0v) is 12.9. The van der Waals surface area contributed by atoms with Crippen LogP contribution < -0.4 is 4.74 Å². The highest BCUT2D eigenvalue weighted by Gasteiger charge is 2.08. The Morgan fingerprint density at radius 1 is 0.875 bits per heavy atom. The quantitative estimate of drug-likeness (QED) is 0.329. The van der Waals surface area contributed by atoms with E-state index in [0.717, 1.165) is 27.7 Å². The SMILES string of the molecule is O/N=C(\COc1ccc2c(c1)[nH]c1ccccc12)c1ccccc1. The molecule has 0 unspecified atom stereocenters. The van der Waals surface area contributed by atoms with Gasteiger partial charge in [0.15, 0.2) is 0 Å². The van der Waals surface area contributed by atoms with Crippen LogP contribution in [-0.2, 0) is 0 Å². The molecule has 0 saturated heterocycles. The van der Waals surface area contributed by atoms with Crippen LogP contribution in [0.3, 0.4) is 0 Å². The molecule has 0 bridgehead atoms. The van der Waals surface area contributed by atoms with Crippen LogP contribution in [-0.4, -0.2) is 22.5 Å². The molecule has 0 amide bonds. The number of oxime groups is 1. The monoisotopic (exact) mass is 316 g/mol. The van der Waals surface area contributed by atoms with Crippen molar-refractivity contribution in [3.8, 4) is 5.75 Å². The Hall–Kier alpha value is -3.27. The first kappa shape index (κ1) is 14.3. The molecule has 0 fully saturated rings. The number of fused-ring (bicyclic) bond motifs is 3. The number of aromatic nitrogens is 1. The Morgan fingerprint density at radius 3 is 2.46 bits per heavy atom. The second-order valence-electron chi connectivity index (χ2n) is 5.58. The van der Waals surface area contributed by atoms with Crippen molar-refractivity contribution in [2.75, 3.05) is 6.61 Å². The second-order valence-corrected chi connectivity index (χ2v) is 5.58. The fraction of sp³-hybridized carbons (Fsp3) is 0.0500. The summed E-state index contributed by atoms with van der Waals surface area (Å²) in [5.41, 5.74) is 3.46. The summed E-state index contributed by atoms with van der Waals surface area (Å²) in [7, 11) is 0. The lowest BCUT2D eigenvalue weighted by molar-refractivity contribution is 0.308. The van der Waals surface area contributed by atoms with Crippen LogP contribution in [0.1, 0.15) is 5.56 Å². The van der Waals surface area contributed by atoms with E-state index in [1.54, 1.807) is 0 Å². The summed E-state index contributed by atoms with van der Waals surface area (Å²) in [5, 5.41) is 14.9. The Kier molecular flexibility index (Phi) is 3.63. The van der Waals surface area contributed by atoms with Gasteiger partial charge < -0.3 is 14.9 Å². The molecule has 0 atom stereocenters. The van der Waals surface area contributed by atoms with Crippen molar-refractivity contribution < 1.29 is 9.94 Å². The molecule has 4 rings (SSSR count). The van der Waals surface area contributed by atoms with Gasteiger partial charge in [-0.3, -0.25) is 0 Å². The summed E-state index contributed by atoms with van der Waals surface area (Å²) in [6.07, 6.45) is 0. The van der Waals surface area contributed by atoms with Crippen molar-refractivity contribution in [3.63, 3.8) is 0 Å². The molecule has 0 aliphatic rings. The predicted octanol–water partition coefficient (Wildman–Crippen LogP) is 4.58. The fourth-order valence-electron chi connectivity index (χ4n) is 2.88. The first-order chi connectivity index (χ1) is 11.8. The van der Waals surface area contributed by atoms with Crippen LogP contribution in [0.25, 0.3) is 21.8 Å². The van der Waals surface area contributed by atoms with Crippen LogP contribution in [0, 0.1) is 0 Å².